The molecule has 0 amide bonds. The van der Waals surface area contributed by atoms with Crippen LogP contribution in [0.4, 0.5) is 0 Å². The Labute approximate surface area is 418 Å². The highest BCUT2D eigenvalue weighted by Gasteiger charge is 2.42. The number of fused-ring (bicyclic) bond motifs is 8. The molecule has 12 nitrogen and oxygen atoms in total. The van der Waals surface area contributed by atoms with Gasteiger partial charge < -0.3 is 48.5 Å². The van der Waals surface area contributed by atoms with Gasteiger partial charge in [0.05, 0.1) is 56.9 Å². The number of nitrogens with one attached hydrogen (secondary N) is 2. The van der Waals surface area contributed by atoms with Crippen LogP contribution < -0.4 is 48.5 Å². The van der Waals surface area contributed by atoms with Gasteiger partial charge in [0.2, 0.25) is 0 Å². The maximum Gasteiger partial charge on any atom is 0.161 e. The van der Waals surface area contributed by atoms with Crippen molar-refractivity contribution in [2.24, 2.45) is 23.7 Å². The molecular weight excluding hydrogens is 881 g/mol. The summed E-state index contributed by atoms with van der Waals surface area (Å²) in [7, 11) is 13.8. The molecule has 0 unspecified atom stereocenters. The molecule has 0 radical (unpaired) electrons. The van der Waals surface area contributed by atoms with E-state index in [1.165, 1.54) is 83.3 Å². The van der Waals surface area contributed by atoms with Crippen molar-refractivity contribution in [3.8, 4) is 46.0 Å². The lowest BCUT2D eigenvalue weighted by Gasteiger charge is -2.48. The standard InChI is InChI=1S/2C29H40N2O4/c2*1-6-18-17-31-10-8-20-14-27(33-3)29(35-5)16-23(20)25(31)12-21(18)11-24-22-15-28(34-4)26(32-2)13-19(22)7-9-30-24/h2*13-16,18,21,24-25,30H,6-12,17H2,1-5H3/t2*18-,21-,24+,25-/m00/s1. The van der Waals surface area contributed by atoms with E-state index in [2.05, 4.69) is 82.8 Å². The Morgan fingerprint density at radius 2 is 0.700 bits per heavy atom. The van der Waals surface area contributed by atoms with Gasteiger partial charge in [-0.3, -0.25) is 9.80 Å². The second kappa shape index (κ2) is 22.3. The fourth-order valence-electron chi connectivity index (χ4n) is 13.5. The summed E-state index contributed by atoms with van der Waals surface area (Å²) in [6, 6.07) is 19.2. The number of methoxy groups -OCH3 is 8. The van der Waals surface area contributed by atoms with Crippen molar-refractivity contribution in [2.45, 2.75) is 102 Å². The minimum Gasteiger partial charge on any atom is -0.493 e. The minimum atomic E-state index is 0.345. The first-order valence-corrected chi connectivity index (χ1v) is 26.1. The van der Waals surface area contributed by atoms with Crippen LogP contribution >= 0.6 is 0 Å². The fraction of sp³-hybridized carbons (Fsp3) is 0.586. The smallest absolute Gasteiger partial charge is 0.161 e. The van der Waals surface area contributed by atoms with Gasteiger partial charge in [0.25, 0.3) is 0 Å². The van der Waals surface area contributed by atoms with Crippen LogP contribution in [0.5, 0.6) is 46.0 Å². The van der Waals surface area contributed by atoms with Crippen LogP contribution in [-0.4, -0.2) is 106 Å². The van der Waals surface area contributed by atoms with Crippen LogP contribution in [0, 0.1) is 23.7 Å². The summed E-state index contributed by atoms with van der Waals surface area (Å²) in [5.41, 5.74) is 11.2. The molecule has 4 aromatic carbocycles. The first kappa shape index (κ1) is 50.1. The first-order valence-electron chi connectivity index (χ1n) is 26.1. The Hall–Kier alpha value is -4.88. The van der Waals surface area contributed by atoms with Gasteiger partial charge in [0, 0.05) is 50.3 Å². The monoisotopic (exact) mass is 961 g/mol. The van der Waals surface area contributed by atoms with Gasteiger partial charge in [0.15, 0.2) is 46.0 Å². The van der Waals surface area contributed by atoms with E-state index in [-0.39, 0.29) is 0 Å². The molecular formula is C58H80N4O8. The third kappa shape index (κ3) is 9.87. The first-order chi connectivity index (χ1) is 34.2. The number of rotatable bonds is 14. The fourth-order valence-corrected chi connectivity index (χ4v) is 13.5. The summed E-state index contributed by atoms with van der Waals surface area (Å²) >= 11 is 0. The van der Waals surface area contributed by atoms with Crippen LogP contribution in [0.25, 0.3) is 0 Å². The summed E-state index contributed by atoms with van der Waals surface area (Å²) in [6.45, 7) is 11.3. The molecule has 4 aromatic rings. The van der Waals surface area contributed by atoms with Gasteiger partial charge in [-0.25, -0.2) is 0 Å². The van der Waals surface area contributed by atoms with Gasteiger partial charge in [-0.2, -0.15) is 0 Å². The Balaban J connectivity index is 0.000000174. The summed E-state index contributed by atoms with van der Waals surface area (Å²) < 4.78 is 45.0. The molecule has 2 saturated heterocycles. The maximum atomic E-state index is 5.68. The molecule has 2 fully saturated rings. The SMILES string of the molecule is CC[C@H]1CN2CCc3cc(OC)c(OC)cc3[C@@H]2C[C@@H]1C[C@H]1NCCc2cc(OC)c(OC)cc21.CC[C@H]1CN2CCc3cc(OC)c(OC)cc3[C@@H]2C[C@@H]1C[C@H]1NCCc2cc(OC)c(OC)cc21. The molecule has 380 valence electrons. The molecule has 8 atom stereocenters. The van der Waals surface area contributed by atoms with Crippen molar-refractivity contribution in [1.29, 1.82) is 0 Å². The molecule has 0 saturated carbocycles. The number of piperidine rings is 2. The highest BCUT2D eigenvalue weighted by molar-refractivity contribution is 5.53. The lowest BCUT2D eigenvalue weighted by molar-refractivity contribution is 0.0434. The lowest BCUT2D eigenvalue weighted by atomic mass is 9.72. The summed E-state index contributed by atoms with van der Waals surface area (Å²) in [6.07, 6.45) is 11.3. The lowest BCUT2D eigenvalue weighted by Crippen LogP contribution is -2.46. The van der Waals surface area contributed by atoms with E-state index in [9.17, 15) is 0 Å². The molecule has 6 heterocycles. The third-order valence-electron chi connectivity index (χ3n) is 17.3. The van der Waals surface area contributed by atoms with Crippen LogP contribution in [0.15, 0.2) is 48.5 Å². The van der Waals surface area contributed by atoms with E-state index in [1.807, 2.05) is 0 Å². The van der Waals surface area contributed by atoms with Gasteiger partial charge >= 0.3 is 0 Å². The molecule has 6 aliphatic heterocycles. The predicted molar refractivity (Wildman–Crippen MR) is 276 cm³/mol. The van der Waals surface area contributed by atoms with Crippen LogP contribution in [0.2, 0.25) is 0 Å². The minimum absolute atomic E-state index is 0.345. The third-order valence-corrected chi connectivity index (χ3v) is 17.3. The Morgan fingerprint density at radius 1 is 0.400 bits per heavy atom. The molecule has 10 rings (SSSR count). The van der Waals surface area contributed by atoms with Crippen LogP contribution in [0.1, 0.15) is 121 Å². The summed E-state index contributed by atoms with van der Waals surface area (Å²) in [4.78, 5) is 5.43. The summed E-state index contributed by atoms with van der Waals surface area (Å²) in [5.74, 6) is 9.38. The Bertz CT molecular complexity index is 2270. The molecule has 6 aliphatic rings. The van der Waals surface area contributed by atoms with E-state index in [0.717, 1.165) is 111 Å². The van der Waals surface area contributed by atoms with E-state index in [4.69, 9.17) is 37.9 Å². The average Bonchev–Trinajstić information content (AvgIpc) is 3.41. The average molecular weight is 961 g/mol. The van der Waals surface area contributed by atoms with Crippen molar-refractivity contribution in [1.82, 2.24) is 20.4 Å². The van der Waals surface area contributed by atoms with Gasteiger partial charge in [-0.1, -0.05) is 26.7 Å². The van der Waals surface area contributed by atoms with Crippen molar-refractivity contribution in [2.75, 3.05) is 96.1 Å². The molecule has 2 N–H and O–H groups in total. The molecule has 12 heteroatoms. The van der Waals surface area contributed by atoms with E-state index in [1.54, 1.807) is 56.9 Å². The second-order valence-corrected chi connectivity index (χ2v) is 20.5. The molecule has 0 spiro atoms. The topological polar surface area (TPSA) is 104 Å². The number of hydrogen-bond acceptors (Lipinski definition) is 12. The normalized spacial score (nSPS) is 25.7. The molecule has 0 aliphatic carbocycles. The van der Waals surface area contributed by atoms with E-state index >= 15 is 0 Å². The van der Waals surface area contributed by atoms with Crippen LogP contribution in [0.3, 0.4) is 0 Å². The zero-order chi connectivity index (χ0) is 49.1. The number of hydrogen-bond donors (Lipinski definition) is 2. The maximum absolute atomic E-state index is 5.68. The zero-order valence-corrected chi connectivity index (χ0v) is 43.7. The zero-order valence-electron chi connectivity index (χ0n) is 43.7. The van der Waals surface area contributed by atoms with Crippen LogP contribution in [-0.2, 0) is 25.7 Å². The number of benzene rings is 4. The summed E-state index contributed by atoms with van der Waals surface area (Å²) in [5, 5.41) is 7.67. The Kier molecular flexibility index (Phi) is 15.9. The Morgan fingerprint density at radius 3 is 1.01 bits per heavy atom. The second-order valence-electron chi connectivity index (χ2n) is 20.5. The van der Waals surface area contributed by atoms with E-state index in [0.29, 0.717) is 47.8 Å². The number of ether oxygens (including phenoxy) is 8. The number of nitrogens with zero attached hydrogens (tertiary/aromatic N) is 2. The van der Waals surface area contributed by atoms with E-state index < -0.39 is 0 Å². The molecule has 0 bridgehead atoms. The van der Waals surface area contributed by atoms with Gasteiger partial charge in [-0.15, -0.1) is 0 Å². The molecule has 70 heavy (non-hydrogen) atoms. The van der Waals surface area contributed by atoms with Gasteiger partial charge in [-0.05, 0) is 181 Å². The quantitative estimate of drug-likeness (QED) is 0.126. The van der Waals surface area contributed by atoms with Crippen molar-refractivity contribution >= 4 is 0 Å². The van der Waals surface area contributed by atoms with Crippen molar-refractivity contribution in [3.05, 3.63) is 93.0 Å². The largest absolute Gasteiger partial charge is 0.493 e. The highest BCUT2D eigenvalue weighted by Crippen LogP contribution is 2.50. The van der Waals surface area contributed by atoms with Crippen molar-refractivity contribution in [3.63, 3.8) is 0 Å². The predicted octanol–water partition coefficient (Wildman–Crippen LogP) is 9.89. The highest BCUT2D eigenvalue weighted by atomic mass is 16.5. The molecule has 0 aromatic heterocycles. The van der Waals surface area contributed by atoms with Crippen molar-refractivity contribution < 1.29 is 37.9 Å². The van der Waals surface area contributed by atoms with Gasteiger partial charge in [0.1, 0.15) is 0 Å².